The van der Waals surface area contributed by atoms with Crippen molar-refractivity contribution in [3.8, 4) is 0 Å². The first-order valence-electron chi connectivity index (χ1n) is 1.34. The maximum absolute atomic E-state index is 5.02. The molecule has 0 rings (SSSR count). The minimum Gasteiger partial charge on any atom is 1.00 e. The van der Waals surface area contributed by atoms with Crippen LogP contribution in [0.3, 0.4) is 0 Å². The number of hydrogen-bond acceptors (Lipinski definition) is 0. The summed E-state index contributed by atoms with van der Waals surface area (Å²) in [4.78, 5) is 0. The van der Waals surface area contributed by atoms with Gasteiger partial charge in [-0.1, -0.05) is 0 Å². The molecule has 0 aliphatic rings. The van der Waals surface area contributed by atoms with Gasteiger partial charge in [-0.3, -0.25) is 0 Å². The molecule has 0 fully saturated rings. The Hall–Kier alpha value is 10.6. The Balaban J connectivity index is -0.0000000139. The van der Waals surface area contributed by atoms with Crippen LogP contribution in [0.15, 0.2) is 0 Å². The molecule has 2 nitrogen and oxygen atoms in total. The molecule has 0 saturated heterocycles. The van der Waals surface area contributed by atoms with Crippen molar-refractivity contribution in [1.82, 2.24) is 0 Å². The summed E-state index contributed by atoms with van der Waals surface area (Å²) < 4.78 is 0. The third-order valence-electron chi connectivity index (χ3n) is 0. The Morgan fingerprint density at radius 2 is 0.333 bits per heavy atom. The maximum atomic E-state index is 5.02. The summed E-state index contributed by atoms with van der Waals surface area (Å²) in [6, 6.07) is 0. The first kappa shape index (κ1) is 51.3. The second-order valence-corrected chi connectivity index (χ2v) is 53.8. The van der Waals surface area contributed by atoms with Crippen LogP contribution in [0, 0.1) is 0 Å². The Morgan fingerprint density at radius 1 is 0.333 bits per heavy atom. The van der Waals surface area contributed by atoms with E-state index in [9.17, 15) is 0 Å². The van der Waals surface area contributed by atoms with Crippen molar-refractivity contribution < 1.29 is 234 Å². The van der Waals surface area contributed by atoms with Crippen molar-refractivity contribution in [2.24, 2.45) is 0 Å². The van der Waals surface area contributed by atoms with E-state index in [-0.39, 0.29) is 216 Å². The van der Waals surface area contributed by atoms with Gasteiger partial charge in [-0.25, -0.2) is 0 Å². The van der Waals surface area contributed by atoms with Gasteiger partial charge in [0.2, 0.25) is 0 Å². The first-order chi connectivity index (χ1) is 4.47. The third-order valence-corrected chi connectivity index (χ3v) is 0. The molecule has 106 valence electrons. The first-order valence-corrected chi connectivity index (χ1v) is 23.7. The molecule has 0 heterocycles. The van der Waals surface area contributed by atoms with Crippen molar-refractivity contribution in [3.63, 3.8) is 0 Å². The van der Waals surface area contributed by atoms with E-state index in [1.54, 1.807) is 0 Å². The van der Waals surface area contributed by atoms with Crippen molar-refractivity contribution in [3.05, 3.63) is 0 Å². The summed E-state index contributed by atoms with van der Waals surface area (Å²) in [6.45, 7) is 0. The molecule has 18 heteroatoms. The minimum absolute atomic E-state index is 0. The molecule has 0 saturated carbocycles. The summed E-state index contributed by atoms with van der Waals surface area (Å²) in [5.74, 6) is 0. The molecule has 0 aromatic heterocycles. The van der Waals surface area contributed by atoms with Gasteiger partial charge in [0.25, 0.3) is 0 Å². The second-order valence-electron chi connectivity index (χ2n) is 1.01. The summed E-state index contributed by atoms with van der Waals surface area (Å²) in [5.41, 5.74) is 0. The smallest absolute Gasteiger partial charge is 1.00 e. The van der Waals surface area contributed by atoms with Gasteiger partial charge in [0, 0.05) is 0 Å². The quantitative estimate of drug-likeness (QED) is 0.222. The molecule has 0 bridgehead atoms. The topological polar surface area (TPSA) is 63.0 Å². The maximum Gasteiger partial charge on any atom is 1.00 e. The van der Waals surface area contributed by atoms with Crippen molar-refractivity contribution >= 4 is 96.9 Å². The van der Waals surface area contributed by atoms with Crippen molar-refractivity contribution in [1.29, 1.82) is 0 Å². The average molecular weight is 749 g/mol. The predicted octanol–water partition coefficient (Wildman–Crippen LogP) is -6.74. The molecule has 0 amide bonds. The zero-order chi connectivity index (χ0) is 10.9. The summed E-state index contributed by atoms with van der Waals surface area (Å²) in [7, 11) is 42.0. The molecule has 0 spiro atoms. The van der Waals surface area contributed by atoms with Crippen molar-refractivity contribution in [2.75, 3.05) is 0 Å². The van der Waals surface area contributed by atoms with E-state index >= 15 is 0 Å². The van der Waals surface area contributed by atoms with Gasteiger partial charge in [-0.2, -0.15) is 0 Å². The van der Waals surface area contributed by atoms with Gasteiger partial charge in [0.15, 0.2) is 0 Å². The van der Waals surface area contributed by atoms with E-state index in [1.165, 1.54) is 0 Å². The van der Waals surface area contributed by atoms with Crippen LogP contribution in [0.2, 0.25) is 0 Å². The van der Waals surface area contributed by atoms with E-state index in [4.69, 9.17) is 96.9 Å². The molecule has 0 atom stereocenters. The second kappa shape index (κ2) is 20.9. The van der Waals surface area contributed by atoms with Crippen LogP contribution in [0.1, 0.15) is 0 Å². The van der Waals surface area contributed by atoms with Gasteiger partial charge in [-0.15, -0.1) is 0 Å². The van der Waals surface area contributed by atoms with Crippen LogP contribution >= 0.6 is 96.9 Å². The van der Waals surface area contributed by atoms with E-state index < -0.39 is 17.3 Å². The van der Waals surface area contributed by atoms with E-state index in [1.807, 2.05) is 0 Å². The number of hydrogen-bond donors (Lipinski definition) is 0. The fourth-order valence-electron chi connectivity index (χ4n) is 0. The zero-order valence-electron chi connectivity index (χ0n) is 9.49. The van der Waals surface area contributed by atoms with E-state index in [0.29, 0.717) is 0 Å². The molecule has 0 aromatic rings. The van der Waals surface area contributed by atoms with Gasteiger partial charge >= 0.3 is 320 Å². The average Bonchev–Trinajstić information content (AvgIpc) is 1.02. The van der Waals surface area contributed by atoms with Crippen LogP contribution in [-0.2, 0) is 17.3 Å². The Labute approximate surface area is 318 Å². The Morgan fingerprint density at radius 3 is 0.333 bits per heavy atom. The van der Waals surface area contributed by atoms with E-state index in [0.717, 1.165) is 0 Å². The monoisotopic (exact) mass is 745 g/mol. The van der Waals surface area contributed by atoms with Crippen LogP contribution in [-0.4, -0.2) is 11.0 Å². The summed E-state index contributed by atoms with van der Waals surface area (Å²) >= 11 is 0. The number of halogens is 10. The molecular weight excluding hydrogens is 745 g/mol. The Bertz CT molecular complexity index is 116. The molecule has 0 aliphatic heterocycles. The van der Waals surface area contributed by atoms with Crippen LogP contribution in [0.25, 0.3) is 0 Å². The van der Waals surface area contributed by atoms with Gasteiger partial charge in [-0.05, 0) is 0 Å². The summed E-state index contributed by atoms with van der Waals surface area (Å²) in [5, 5.41) is 0. The van der Waals surface area contributed by atoms with Crippen LogP contribution < -0.4 is 206 Å². The minimum atomic E-state index is -4.11. The molecule has 0 aliphatic carbocycles. The fourth-order valence-corrected chi connectivity index (χ4v) is 0. The Kier molecular flexibility index (Phi) is 59.5. The normalized spacial score (nSPS) is 12.8. The predicted molar refractivity (Wildman–Crippen MR) is 65.8 cm³/mol. The van der Waals surface area contributed by atoms with Crippen LogP contribution in [0.4, 0.5) is 0 Å². The molecule has 0 radical (unpaired) electrons. The number of rotatable bonds is 0. The van der Waals surface area contributed by atoms with Gasteiger partial charge in [0.1, 0.15) is 0 Å². The van der Waals surface area contributed by atoms with Crippen molar-refractivity contribution in [2.45, 2.75) is 0 Å². The molecule has 0 aromatic carbocycles. The molecule has 18 heavy (non-hydrogen) atoms. The van der Waals surface area contributed by atoms with Crippen LogP contribution in [0.5, 0.6) is 0 Å². The fraction of sp³-hybridized carbons (Fsp3) is 0. The third kappa shape index (κ3) is 155. The van der Waals surface area contributed by atoms with Gasteiger partial charge in [0.05, 0.1) is 0 Å². The largest absolute Gasteiger partial charge is 1.00 e. The molecule has 4 N–H and O–H groups in total. The SMILES string of the molecule is O.O.[Cl][Ru-2]([Cl])([Cl])([Cl])[Cl].[Cl][Ru-2]([Cl])([Cl])([Cl])[Cl].[K+].[K+].[K+].[K+]. The zero-order valence-corrected chi connectivity index (χ0v) is 33.0. The molecule has 0 unspecified atom stereocenters. The standard InChI is InChI=1S/10ClH.4K.2H2O.2Ru/h10*1H;;;;;2*1H2;;/q;;;;;;;;;;4*+1;;;2*+3/p-10. The van der Waals surface area contributed by atoms with Gasteiger partial charge < -0.3 is 11.0 Å². The van der Waals surface area contributed by atoms with E-state index in [2.05, 4.69) is 0 Å². The molecular formula is H4Cl10K4O2Ru2. The summed E-state index contributed by atoms with van der Waals surface area (Å²) in [6.07, 6.45) is 0.